The van der Waals surface area contributed by atoms with Gasteiger partial charge >= 0.3 is 0 Å². The van der Waals surface area contributed by atoms with E-state index in [1.54, 1.807) is 25.6 Å². The van der Waals surface area contributed by atoms with Crippen molar-refractivity contribution in [1.29, 1.82) is 0 Å². The highest BCUT2D eigenvalue weighted by atomic mass is 16.5. The van der Waals surface area contributed by atoms with Crippen LogP contribution in [0.5, 0.6) is 11.5 Å². The number of aryl methyl sites for hydroxylation is 1. The second-order valence-corrected chi connectivity index (χ2v) is 4.47. The van der Waals surface area contributed by atoms with E-state index in [1.807, 2.05) is 25.1 Å². The molecule has 1 aromatic heterocycles. The lowest BCUT2D eigenvalue weighted by Gasteiger charge is -2.11. The molecule has 0 bridgehead atoms. The molecule has 2 rings (SSSR count). The fraction of sp³-hybridized carbons (Fsp3) is 0.235. The Morgan fingerprint density at radius 1 is 1.24 bits per heavy atom. The van der Waals surface area contributed by atoms with Crippen LogP contribution in [0.4, 0.5) is 0 Å². The van der Waals surface area contributed by atoms with Crippen LogP contribution >= 0.6 is 0 Å². The molecular weight excluding hydrogens is 266 g/mol. The van der Waals surface area contributed by atoms with Gasteiger partial charge in [0.2, 0.25) is 0 Å². The Balaban J connectivity index is 2.11. The average molecular weight is 283 g/mol. The lowest BCUT2D eigenvalue weighted by molar-refractivity contribution is 0.295. The predicted molar refractivity (Wildman–Crippen MR) is 80.3 cm³/mol. The molecule has 0 aliphatic carbocycles. The van der Waals surface area contributed by atoms with Gasteiger partial charge in [-0.1, -0.05) is 23.5 Å². The van der Waals surface area contributed by atoms with Gasteiger partial charge in [-0.15, -0.1) is 0 Å². The smallest absolute Gasteiger partial charge is 0.139 e. The molecule has 4 heteroatoms. The van der Waals surface area contributed by atoms with Crippen LogP contribution < -0.4 is 9.47 Å². The molecule has 1 heterocycles. The van der Waals surface area contributed by atoms with Gasteiger partial charge in [-0.2, -0.15) is 0 Å². The highest BCUT2D eigenvalue weighted by Gasteiger charge is 2.05. The normalized spacial score (nSPS) is 9.67. The van der Waals surface area contributed by atoms with Gasteiger partial charge in [0.1, 0.15) is 24.7 Å². The molecule has 1 aromatic carbocycles. The first-order valence-corrected chi connectivity index (χ1v) is 6.54. The number of aliphatic hydroxyl groups excluding tert-OH is 1. The molecule has 0 radical (unpaired) electrons. The Bertz CT molecular complexity index is 671. The van der Waals surface area contributed by atoms with E-state index in [-0.39, 0.29) is 6.61 Å². The molecule has 4 nitrogen and oxygen atoms in total. The Labute approximate surface area is 124 Å². The summed E-state index contributed by atoms with van der Waals surface area (Å²) in [5.74, 6) is 6.80. The Kier molecular flexibility index (Phi) is 5.19. The number of nitrogens with zero attached hydrogens (tertiary/aromatic N) is 1. The van der Waals surface area contributed by atoms with Crippen LogP contribution in [0.3, 0.4) is 0 Å². The minimum Gasteiger partial charge on any atom is -0.496 e. The molecular formula is C17H17NO3. The van der Waals surface area contributed by atoms with Gasteiger partial charge in [0.05, 0.1) is 13.3 Å². The highest BCUT2D eigenvalue weighted by molar-refractivity contribution is 5.38. The lowest BCUT2D eigenvalue weighted by Crippen LogP contribution is -2.00. The van der Waals surface area contributed by atoms with Gasteiger partial charge in [-0.25, -0.2) is 0 Å². The minimum absolute atomic E-state index is 0.175. The second-order valence-electron chi connectivity index (χ2n) is 4.47. The number of aromatic nitrogens is 1. The number of hydrogen-bond acceptors (Lipinski definition) is 4. The van der Waals surface area contributed by atoms with Gasteiger partial charge in [0.15, 0.2) is 0 Å². The summed E-state index contributed by atoms with van der Waals surface area (Å²) in [5, 5.41) is 8.69. The largest absolute Gasteiger partial charge is 0.496 e. The standard InChI is InChI=1S/C17H17NO3/c1-13-5-6-17(20-2)15(8-13)12-21-16-9-14(4-3-7-19)10-18-11-16/h5-6,8-11,19H,7,12H2,1-2H3. The molecule has 0 atom stereocenters. The lowest BCUT2D eigenvalue weighted by atomic mass is 10.1. The van der Waals surface area contributed by atoms with E-state index in [9.17, 15) is 0 Å². The highest BCUT2D eigenvalue weighted by Crippen LogP contribution is 2.22. The summed E-state index contributed by atoms with van der Waals surface area (Å²) in [4.78, 5) is 4.07. The summed E-state index contributed by atoms with van der Waals surface area (Å²) < 4.78 is 11.1. The summed E-state index contributed by atoms with van der Waals surface area (Å²) in [6, 6.07) is 7.74. The van der Waals surface area contributed by atoms with Crippen LogP contribution in [0.2, 0.25) is 0 Å². The van der Waals surface area contributed by atoms with Crippen LogP contribution in [0.1, 0.15) is 16.7 Å². The van der Waals surface area contributed by atoms with E-state index in [1.165, 1.54) is 0 Å². The number of aliphatic hydroxyl groups is 1. The van der Waals surface area contributed by atoms with Crippen molar-refractivity contribution in [2.24, 2.45) is 0 Å². The first kappa shape index (κ1) is 14.9. The summed E-state index contributed by atoms with van der Waals surface area (Å²) in [5.41, 5.74) is 2.83. The Morgan fingerprint density at radius 3 is 2.86 bits per heavy atom. The van der Waals surface area contributed by atoms with Crippen LogP contribution in [0, 0.1) is 18.8 Å². The maximum absolute atomic E-state index is 8.69. The average Bonchev–Trinajstić information content (AvgIpc) is 2.51. The van der Waals surface area contributed by atoms with Crippen molar-refractivity contribution in [3.05, 3.63) is 53.3 Å². The quantitative estimate of drug-likeness (QED) is 0.875. The number of ether oxygens (including phenoxy) is 2. The van der Waals surface area contributed by atoms with E-state index in [0.29, 0.717) is 17.9 Å². The van der Waals surface area contributed by atoms with Gasteiger partial charge in [-0.05, 0) is 25.1 Å². The molecule has 0 saturated carbocycles. The fourth-order valence-corrected chi connectivity index (χ4v) is 1.89. The Morgan fingerprint density at radius 2 is 2.10 bits per heavy atom. The van der Waals surface area contributed by atoms with E-state index < -0.39 is 0 Å². The zero-order valence-electron chi connectivity index (χ0n) is 12.1. The molecule has 0 spiro atoms. The summed E-state index contributed by atoms with van der Waals surface area (Å²) >= 11 is 0. The molecule has 1 N–H and O–H groups in total. The van der Waals surface area contributed by atoms with Gasteiger partial charge < -0.3 is 14.6 Å². The number of rotatable bonds is 4. The zero-order chi connectivity index (χ0) is 15.1. The molecule has 0 fully saturated rings. The van der Waals surface area contributed by atoms with Gasteiger partial charge in [0, 0.05) is 17.3 Å². The van der Waals surface area contributed by atoms with E-state index in [2.05, 4.69) is 16.8 Å². The predicted octanol–water partition coefficient (Wildman–Crippen LogP) is 2.32. The van der Waals surface area contributed by atoms with Crippen LogP contribution in [0.15, 0.2) is 36.7 Å². The van der Waals surface area contributed by atoms with Crippen molar-refractivity contribution in [3.8, 4) is 23.3 Å². The van der Waals surface area contributed by atoms with E-state index in [4.69, 9.17) is 14.6 Å². The van der Waals surface area contributed by atoms with Crippen molar-refractivity contribution in [1.82, 2.24) is 4.98 Å². The summed E-state index contributed by atoms with van der Waals surface area (Å²) in [6.45, 7) is 2.24. The third-order valence-electron chi connectivity index (χ3n) is 2.86. The topological polar surface area (TPSA) is 51.6 Å². The summed E-state index contributed by atoms with van der Waals surface area (Å²) in [6.07, 6.45) is 3.26. The minimum atomic E-state index is -0.175. The van der Waals surface area contributed by atoms with Gasteiger partial charge in [-0.3, -0.25) is 4.98 Å². The molecule has 108 valence electrons. The molecule has 0 aliphatic rings. The van der Waals surface area contributed by atoms with E-state index in [0.717, 1.165) is 16.9 Å². The molecule has 2 aromatic rings. The maximum atomic E-state index is 8.69. The van der Waals surface area contributed by atoms with Crippen molar-refractivity contribution < 1.29 is 14.6 Å². The van der Waals surface area contributed by atoms with Crippen LogP contribution in [0.25, 0.3) is 0 Å². The summed E-state index contributed by atoms with van der Waals surface area (Å²) in [7, 11) is 1.64. The SMILES string of the molecule is COc1ccc(C)cc1COc1cncc(C#CCO)c1. The van der Waals surface area contributed by atoms with Crippen molar-refractivity contribution in [2.75, 3.05) is 13.7 Å². The zero-order valence-corrected chi connectivity index (χ0v) is 12.1. The molecule has 0 saturated heterocycles. The molecule has 21 heavy (non-hydrogen) atoms. The molecule has 0 unspecified atom stereocenters. The number of benzene rings is 1. The number of pyridine rings is 1. The fourth-order valence-electron chi connectivity index (χ4n) is 1.89. The number of hydrogen-bond donors (Lipinski definition) is 1. The first-order chi connectivity index (χ1) is 10.2. The third-order valence-corrected chi connectivity index (χ3v) is 2.86. The van der Waals surface area contributed by atoms with Crippen molar-refractivity contribution >= 4 is 0 Å². The monoisotopic (exact) mass is 283 g/mol. The Hall–Kier alpha value is -2.51. The van der Waals surface area contributed by atoms with Crippen LogP contribution in [-0.2, 0) is 6.61 Å². The second kappa shape index (κ2) is 7.32. The molecule has 0 aliphatic heterocycles. The van der Waals surface area contributed by atoms with Gasteiger partial charge in [0.25, 0.3) is 0 Å². The number of methoxy groups -OCH3 is 1. The first-order valence-electron chi connectivity index (χ1n) is 6.54. The van der Waals surface area contributed by atoms with Crippen molar-refractivity contribution in [3.63, 3.8) is 0 Å². The third kappa shape index (κ3) is 4.23. The molecule has 0 amide bonds. The van der Waals surface area contributed by atoms with E-state index >= 15 is 0 Å². The van der Waals surface area contributed by atoms with Crippen molar-refractivity contribution in [2.45, 2.75) is 13.5 Å². The van der Waals surface area contributed by atoms with Crippen LogP contribution in [-0.4, -0.2) is 23.8 Å². The maximum Gasteiger partial charge on any atom is 0.139 e.